The third-order valence-electron chi connectivity index (χ3n) is 4.83. The monoisotopic (exact) mass is 394 g/mol. The van der Waals surface area contributed by atoms with E-state index in [9.17, 15) is 4.79 Å². The van der Waals surface area contributed by atoms with E-state index >= 15 is 0 Å². The Morgan fingerprint density at radius 3 is 2.45 bits per heavy atom. The lowest BCUT2D eigenvalue weighted by atomic mass is 10.1. The van der Waals surface area contributed by atoms with Crippen LogP contribution in [0.1, 0.15) is 36.5 Å². The minimum Gasteiger partial charge on any atom is -0.447 e. The fourth-order valence-electron chi connectivity index (χ4n) is 3.03. The van der Waals surface area contributed by atoms with Gasteiger partial charge >= 0.3 is 6.09 Å². The summed E-state index contributed by atoms with van der Waals surface area (Å²) in [5.41, 5.74) is 4.43. The lowest BCUT2D eigenvalue weighted by molar-refractivity contribution is 0.181. The van der Waals surface area contributed by atoms with E-state index in [1.807, 2.05) is 24.3 Å². The summed E-state index contributed by atoms with van der Waals surface area (Å²) in [4.78, 5) is 18.0. The summed E-state index contributed by atoms with van der Waals surface area (Å²) >= 11 is 0. The average molecular weight is 395 g/mol. The number of benzene rings is 2. The molecule has 6 nitrogen and oxygen atoms in total. The van der Waals surface area contributed by atoms with Gasteiger partial charge in [0.15, 0.2) is 5.96 Å². The number of hydrogen-bond donors (Lipinski definition) is 2. The average Bonchev–Trinajstić information content (AvgIpc) is 3.17. The molecule has 6 heteroatoms. The first-order chi connectivity index (χ1) is 14.2. The first kappa shape index (κ1) is 20.7. The molecule has 0 bridgehead atoms. The normalized spacial score (nSPS) is 14.1. The van der Waals surface area contributed by atoms with Crippen molar-refractivity contribution in [2.45, 2.75) is 39.8 Å². The highest BCUT2D eigenvalue weighted by molar-refractivity contribution is 5.89. The lowest BCUT2D eigenvalue weighted by Crippen LogP contribution is -2.37. The molecule has 1 saturated heterocycles. The van der Waals surface area contributed by atoms with E-state index in [-0.39, 0.29) is 6.09 Å². The van der Waals surface area contributed by atoms with Crippen LogP contribution in [0.2, 0.25) is 0 Å². The number of aryl methyl sites for hydroxylation is 1. The minimum absolute atomic E-state index is 0.279. The molecule has 0 atom stereocenters. The topological polar surface area (TPSA) is 66.0 Å². The van der Waals surface area contributed by atoms with Crippen molar-refractivity contribution in [3.8, 4) is 0 Å². The Balaban J connectivity index is 1.60. The zero-order valence-corrected chi connectivity index (χ0v) is 17.3. The molecule has 0 aromatic heterocycles. The summed E-state index contributed by atoms with van der Waals surface area (Å²) in [6.07, 6.45) is 1.96. The first-order valence-electron chi connectivity index (χ1n) is 10.3. The highest BCUT2D eigenvalue weighted by Crippen LogP contribution is 2.19. The second-order valence-corrected chi connectivity index (χ2v) is 7.22. The number of unbranched alkanes of at least 4 members (excludes halogenated alkanes) is 1. The molecule has 0 saturated carbocycles. The third-order valence-corrected chi connectivity index (χ3v) is 4.83. The highest BCUT2D eigenvalue weighted by atomic mass is 16.6. The summed E-state index contributed by atoms with van der Waals surface area (Å²) in [5.74, 6) is 0.811. The minimum atomic E-state index is -0.279. The van der Waals surface area contributed by atoms with Gasteiger partial charge in [-0.15, -0.1) is 0 Å². The van der Waals surface area contributed by atoms with Crippen LogP contribution in [0, 0.1) is 6.92 Å². The fourth-order valence-corrected chi connectivity index (χ4v) is 3.03. The van der Waals surface area contributed by atoms with Crippen molar-refractivity contribution in [3.63, 3.8) is 0 Å². The Labute approximate surface area is 173 Å². The Bertz CT molecular complexity index is 816. The highest BCUT2D eigenvalue weighted by Gasteiger charge is 2.23. The van der Waals surface area contributed by atoms with Gasteiger partial charge in [0.1, 0.15) is 6.61 Å². The van der Waals surface area contributed by atoms with Crippen LogP contribution in [0.3, 0.4) is 0 Å². The van der Waals surface area contributed by atoms with E-state index in [0.717, 1.165) is 43.1 Å². The number of anilines is 1. The molecule has 154 valence electrons. The van der Waals surface area contributed by atoms with Gasteiger partial charge in [-0.2, -0.15) is 0 Å². The second-order valence-electron chi connectivity index (χ2n) is 7.22. The van der Waals surface area contributed by atoms with Gasteiger partial charge in [0.25, 0.3) is 0 Å². The molecule has 1 fully saturated rings. The van der Waals surface area contributed by atoms with Crippen LogP contribution in [0.4, 0.5) is 10.5 Å². The van der Waals surface area contributed by atoms with Gasteiger partial charge < -0.3 is 15.4 Å². The maximum atomic E-state index is 11.7. The molecule has 1 heterocycles. The number of hydrogen-bond acceptors (Lipinski definition) is 3. The van der Waals surface area contributed by atoms with Crippen LogP contribution in [0.5, 0.6) is 0 Å². The molecule has 29 heavy (non-hydrogen) atoms. The van der Waals surface area contributed by atoms with E-state index < -0.39 is 0 Å². The molecular weight excluding hydrogens is 364 g/mol. The van der Waals surface area contributed by atoms with Crippen molar-refractivity contribution in [1.82, 2.24) is 10.6 Å². The summed E-state index contributed by atoms with van der Waals surface area (Å²) in [6.45, 7) is 7.51. The molecule has 1 amide bonds. The Hall–Kier alpha value is -3.02. The standard InChI is InChI=1S/C23H30N4O2/c1-3-4-13-24-22(25-16-19-7-5-18(2)6-8-19)26-17-20-9-11-21(12-10-20)27-14-15-29-23(27)28/h5-12H,3-4,13-17H2,1-2H3,(H2,24,25,26). The van der Waals surface area contributed by atoms with Crippen LogP contribution < -0.4 is 15.5 Å². The predicted molar refractivity (Wildman–Crippen MR) is 117 cm³/mol. The number of cyclic esters (lactones) is 1. The van der Waals surface area contributed by atoms with Crippen molar-refractivity contribution >= 4 is 17.7 Å². The number of amides is 1. The van der Waals surface area contributed by atoms with Gasteiger partial charge in [0.2, 0.25) is 0 Å². The third kappa shape index (κ3) is 6.24. The van der Waals surface area contributed by atoms with Gasteiger partial charge in [-0.3, -0.25) is 4.90 Å². The van der Waals surface area contributed by atoms with Crippen molar-refractivity contribution in [2.75, 3.05) is 24.6 Å². The Morgan fingerprint density at radius 1 is 1.07 bits per heavy atom. The first-order valence-corrected chi connectivity index (χ1v) is 10.3. The number of rotatable bonds is 8. The number of guanidine groups is 1. The zero-order valence-electron chi connectivity index (χ0n) is 17.3. The predicted octanol–water partition coefficient (Wildman–Crippen LogP) is 3.99. The van der Waals surface area contributed by atoms with Crippen LogP contribution >= 0.6 is 0 Å². The molecule has 3 rings (SSSR count). The maximum Gasteiger partial charge on any atom is 0.414 e. The summed E-state index contributed by atoms with van der Waals surface area (Å²) in [7, 11) is 0. The molecule has 2 aromatic rings. The number of carbonyl (C=O) groups excluding carboxylic acids is 1. The molecule has 2 aromatic carbocycles. The molecule has 1 aliphatic heterocycles. The van der Waals surface area contributed by atoms with Gasteiger partial charge in [0.05, 0.1) is 13.1 Å². The van der Waals surface area contributed by atoms with Crippen LogP contribution in [-0.2, 0) is 17.8 Å². The lowest BCUT2D eigenvalue weighted by Gasteiger charge is -2.14. The van der Waals surface area contributed by atoms with Crippen LogP contribution in [0.25, 0.3) is 0 Å². The van der Waals surface area contributed by atoms with Crippen molar-refractivity contribution in [2.24, 2.45) is 4.99 Å². The molecule has 0 aliphatic carbocycles. The number of nitrogens with one attached hydrogen (secondary N) is 2. The van der Waals surface area contributed by atoms with Gasteiger partial charge in [-0.25, -0.2) is 9.79 Å². The quantitative estimate of drug-likeness (QED) is 0.404. The number of aliphatic imine (C=N–C) groups is 1. The molecule has 2 N–H and O–H groups in total. The second kappa shape index (κ2) is 10.5. The van der Waals surface area contributed by atoms with E-state index in [2.05, 4.69) is 48.7 Å². The van der Waals surface area contributed by atoms with Gasteiger partial charge in [-0.05, 0) is 36.6 Å². The smallest absolute Gasteiger partial charge is 0.414 e. The molecule has 0 unspecified atom stereocenters. The molecule has 0 spiro atoms. The molecule has 0 radical (unpaired) electrons. The van der Waals surface area contributed by atoms with E-state index in [4.69, 9.17) is 9.73 Å². The summed E-state index contributed by atoms with van der Waals surface area (Å²) in [6, 6.07) is 16.4. The molecular formula is C23H30N4O2. The van der Waals surface area contributed by atoms with E-state index in [1.54, 1.807) is 4.90 Å². The van der Waals surface area contributed by atoms with E-state index in [1.165, 1.54) is 11.1 Å². The zero-order chi connectivity index (χ0) is 20.5. The van der Waals surface area contributed by atoms with Gasteiger partial charge in [-0.1, -0.05) is 55.3 Å². The number of nitrogens with zero attached hydrogens (tertiary/aromatic N) is 2. The Kier molecular flexibility index (Phi) is 7.50. The van der Waals surface area contributed by atoms with Crippen molar-refractivity contribution < 1.29 is 9.53 Å². The number of ether oxygens (including phenoxy) is 1. The number of carbonyl (C=O) groups is 1. The molecule has 1 aliphatic rings. The van der Waals surface area contributed by atoms with Crippen molar-refractivity contribution in [1.29, 1.82) is 0 Å². The summed E-state index contributed by atoms with van der Waals surface area (Å²) < 4.78 is 4.99. The van der Waals surface area contributed by atoms with Crippen LogP contribution in [-0.4, -0.2) is 31.7 Å². The van der Waals surface area contributed by atoms with E-state index in [0.29, 0.717) is 19.7 Å². The maximum absolute atomic E-state index is 11.7. The summed E-state index contributed by atoms with van der Waals surface area (Å²) in [5, 5.41) is 6.82. The fraction of sp³-hybridized carbons (Fsp3) is 0.391. The van der Waals surface area contributed by atoms with Crippen molar-refractivity contribution in [3.05, 3.63) is 65.2 Å². The van der Waals surface area contributed by atoms with Crippen LogP contribution in [0.15, 0.2) is 53.5 Å². The SMILES string of the molecule is CCCCNC(=NCc1ccc(N2CCOC2=O)cc1)NCc1ccc(C)cc1. The Morgan fingerprint density at radius 2 is 1.79 bits per heavy atom. The van der Waals surface area contributed by atoms with Gasteiger partial charge in [0, 0.05) is 18.8 Å². The largest absolute Gasteiger partial charge is 0.447 e.